The number of hydrogen-bond acceptors (Lipinski definition) is 7. The number of rotatable bonds is 7. The van der Waals surface area contributed by atoms with E-state index in [4.69, 9.17) is 14.2 Å². The Bertz CT molecular complexity index is 1100. The first kappa shape index (κ1) is 21.8. The zero-order valence-electron chi connectivity index (χ0n) is 18.2. The molecule has 0 saturated carbocycles. The number of hydrogen-bond donors (Lipinski definition) is 0. The van der Waals surface area contributed by atoms with E-state index in [-0.39, 0.29) is 11.5 Å². The third-order valence-corrected chi connectivity index (χ3v) is 4.46. The minimum absolute atomic E-state index is 0.155. The van der Waals surface area contributed by atoms with E-state index >= 15 is 0 Å². The fourth-order valence-corrected chi connectivity index (χ4v) is 3.08. The van der Waals surface area contributed by atoms with E-state index in [1.807, 2.05) is 68.7 Å². The number of nitrogens with zero attached hydrogens (tertiary/aromatic N) is 3. The van der Waals surface area contributed by atoms with Crippen LogP contribution in [0.2, 0.25) is 0 Å². The normalized spacial score (nSPS) is 11.1. The van der Waals surface area contributed by atoms with Crippen LogP contribution in [0.5, 0.6) is 11.6 Å². The van der Waals surface area contributed by atoms with Crippen molar-refractivity contribution in [2.45, 2.75) is 6.92 Å². The van der Waals surface area contributed by atoms with E-state index in [0.29, 0.717) is 23.0 Å². The Morgan fingerprint density at radius 3 is 2.32 bits per heavy atom. The number of anilines is 1. The highest BCUT2D eigenvalue weighted by molar-refractivity contribution is 6.18. The summed E-state index contributed by atoms with van der Waals surface area (Å²) in [6.45, 7) is 1.77. The lowest BCUT2D eigenvalue weighted by Crippen LogP contribution is -2.18. The molecular weight excluding hydrogens is 394 g/mol. The molecule has 0 N–H and O–H groups in total. The molecule has 3 rings (SSSR count). The Morgan fingerprint density at radius 2 is 1.68 bits per heavy atom. The average Bonchev–Trinajstić information content (AvgIpc) is 2.78. The Hall–Kier alpha value is -3.87. The summed E-state index contributed by atoms with van der Waals surface area (Å²) in [4.78, 5) is 23.2. The second-order valence-corrected chi connectivity index (χ2v) is 6.92. The SMILES string of the molecule is CO/C=C(\C(=O)OC)c1c(Oc2cccc(-c3ccccc3)c2)nc(C)nc1N(C)C. The van der Waals surface area contributed by atoms with E-state index in [9.17, 15) is 4.79 Å². The minimum Gasteiger partial charge on any atom is -0.503 e. The molecule has 0 radical (unpaired) electrons. The van der Waals surface area contributed by atoms with Crippen molar-refractivity contribution in [1.29, 1.82) is 0 Å². The summed E-state index contributed by atoms with van der Waals surface area (Å²) >= 11 is 0. The van der Waals surface area contributed by atoms with Crippen LogP contribution in [-0.4, -0.2) is 44.3 Å². The monoisotopic (exact) mass is 419 g/mol. The number of esters is 1. The van der Waals surface area contributed by atoms with Gasteiger partial charge in [0.15, 0.2) is 0 Å². The number of carbonyl (C=O) groups excluding carboxylic acids is 1. The number of aryl methyl sites for hydroxylation is 1. The number of benzene rings is 2. The van der Waals surface area contributed by atoms with E-state index in [0.717, 1.165) is 11.1 Å². The standard InChI is InChI=1S/C24H25N3O4/c1-16-25-22(27(2)3)21(20(15-29-4)24(28)30-5)23(26-16)31-19-13-9-12-18(14-19)17-10-7-6-8-11-17/h6-15H,1-5H3/b20-15-. The van der Waals surface area contributed by atoms with Gasteiger partial charge in [0.25, 0.3) is 0 Å². The van der Waals surface area contributed by atoms with E-state index in [1.165, 1.54) is 20.5 Å². The zero-order chi connectivity index (χ0) is 22.4. The van der Waals surface area contributed by atoms with Crippen LogP contribution in [0.3, 0.4) is 0 Å². The summed E-state index contributed by atoms with van der Waals surface area (Å²) in [7, 11) is 6.41. The van der Waals surface area contributed by atoms with Crippen LogP contribution in [0.4, 0.5) is 5.82 Å². The maximum Gasteiger partial charge on any atom is 0.341 e. The molecule has 0 atom stereocenters. The minimum atomic E-state index is -0.583. The van der Waals surface area contributed by atoms with Crippen molar-refractivity contribution in [3.8, 4) is 22.8 Å². The van der Waals surface area contributed by atoms with Crippen LogP contribution in [0.25, 0.3) is 16.7 Å². The molecule has 7 nitrogen and oxygen atoms in total. The Balaban J connectivity index is 2.13. The summed E-state index contributed by atoms with van der Waals surface area (Å²) in [6.07, 6.45) is 1.31. The highest BCUT2D eigenvalue weighted by Gasteiger charge is 2.26. The maximum atomic E-state index is 12.5. The predicted octanol–water partition coefficient (Wildman–Crippen LogP) is 4.47. The van der Waals surface area contributed by atoms with Gasteiger partial charge in [-0.05, 0) is 30.2 Å². The molecule has 3 aromatic rings. The lowest BCUT2D eigenvalue weighted by molar-refractivity contribution is -0.133. The average molecular weight is 419 g/mol. The van der Waals surface area contributed by atoms with Gasteiger partial charge in [0.1, 0.15) is 23.0 Å². The molecule has 0 spiro atoms. The van der Waals surface area contributed by atoms with Crippen LogP contribution in [0.1, 0.15) is 11.4 Å². The molecule has 0 aliphatic carbocycles. The number of methoxy groups -OCH3 is 2. The van der Waals surface area contributed by atoms with Crippen LogP contribution < -0.4 is 9.64 Å². The number of ether oxygens (including phenoxy) is 3. The molecule has 1 heterocycles. The molecule has 0 amide bonds. The van der Waals surface area contributed by atoms with Gasteiger partial charge in [-0.15, -0.1) is 0 Å². The van der Waals surface area contributed by atoms with Crippen molar-refractivity contribution in [2.24, 2.45) is 0 Å². The Morgan fingerprint density at radius 1 is 0.968 bits per heavy atom. The summed E-state index contributed by atoms with van der Waals surface area (Å²) in [6, 6.07) is 17.7. The molecule has 0 unspecified atom stereocenters. The topological polar surface area (TPSA) is 73.8 Å². The van der Waals surface area contributed by atoms with Gasteiger partial charge < -0.3 is 19.1 Å². The highest BCUT2D eigenvalue weighted by Crippen LogP contribution is 2.36. The molecule has 0 aliphatic rings. The second-order valence-electron chi connectivity index (χ2n) is 6.92. The summed E-state index contributed by atoms with van der Waals surface area (Å²) in [5.41, 5.74) is 2.60. The molecule has 31 heavy (non-hydrogen) atoms. The summed E-state index contributed by atoms with van der Waals surface area (Å²) in [5.74, 6) is 1.24. The highest BCUT2D eigenvalue weighted by atomic mass is 16.5. The fourth-order valence-electron chi connectivity index (χ4n) is 3.08. The predicted molar refractivity (Wildman–Crippen MR) is 120 cm³/mol. The van der Waals surface area contributed by atoms with Crippen molar-refractivity contribution >= 4 is 17.4 Å². The molecule has 160 valence electrons. The van der Waals surface area contributed by atoms with Crippen molar-refractivity contribution in [3.63, 3.8) is 0 Å². The van der Waals surface area contributed by atoms with Crippen molar-refractivity contribution in [1.82, 2.24) is 9.97 Å². The van der Waals surface area contributed by atoms with Gasteiger partial charge in [0.05, 0.1) is 26.0 Å². The van der Waals surface area contributed by atoms with Gasteiger partial charge in [-0.25, -0.2) is 9.78 Å². The molecule has 1 aromatic heterocycles. The molecule has 0 fully saturated rings. The van der Waals surface area contributed by atoms with Crippen molar-refractivity contribution in [2.75, 3.05) is 33.2 Å². The number of carbonyl (C=O) groups is 1. The van der Waals surface area contributed by atoms with Gasteiger partial charge in [-0.2, -0.15) is 4.98 Å². The van der Waals surface area contributed by atoms with Crippen molar-refractivity contribution in [3.05, 3.63) is 72.2 Å². The molecule has 0 saturated heterocycles. The zero-order valence-corrected chi connectivity index (χ0v) is 18.2. The quantitative estimate of drug-likeness (QED) is 0.318. The third-order valence-electron chi connectivity index (χ3n) is 4.46. The van der Waals surface area contributed by atoms with Crippen LogP contribution >= 0.6 is 0 Å². The largest absolute Gasteiger partial charge is 0.503 e. The summed E-state index contributed by atoms with van der Waals surface area (Å²) < 4.78 is 16.3. The van der Waals surface area contributed by atoms with Gasteiger partial charge in [0, 0.05) is 14.1 Å². The van der Waals surface area contributed by atoms with Gasteiger partial charge in [0.2, 0.25) is 5.88 Å². The number of aromatic nitrogens is 2. The first-order valence-electron chi connectivity index (χ1n) is 9.65. The fraction of sp³-hybridized carbons (Fsp3) is 0.208. The first-order valence-corrected chi connectivity index (χ1v) is 9.65. The molecule has 2 aromatic carbocycles. The van der Waals surface area contributed by atoms with Crippen LogP contribution in [0.15, 0.2) is 60.9 Å². The lowest BCUT2D eigenvalue weighted by Gasteiger charge is -2.20. The molecule has 0 bridgehead atoms. The van der Waals surface area contributed by atoms with Crippen LogP contribution in [-0.2, 0) is 14.3 Å². The van der Waals surface area contributed by atoms with Crippen LogP contribution in [0, 0.1) is 6.92 Å². The smallest absolute Gasteiger partial charge is 0.341 e. The van der Waals surface area contributed by atoms with Gasteiger partial charge >= 0.3 is 5.97 Å². The maximum absolute atomic E-state index is 12.5. The first-order chi connectivity index (χ1) is 14.9. The van der Waals surface area contributed by atoms with Crippen molar-refractivity contribution < 1.29 is 19.0 Å². The molecule has 0 aliphatic heterocycles. The second kappa shape index (κ2) is 9.75. The van der Waals surface area contributed by atoms with Gasteiger partial charge in [-0.1, -0.05) is 42.5 Å². The Labute approximate surface area is 181 Å². The summed E-state index contributed by atoms with van der Waals surface area (Å²) in [5, 5.41) is 0. The van der Waals surface area contributed by atoms with E-state index in [1.54, 1.807) is 11.8 Å². The Kier molecular flexibility index (Phi) is 6.87. The van der Waals surface area contributed by atoms with E-state index in [2.05, 4.69) is 9.97 Å². The molecule has 7 heteroatoms. The lowest BCUT2D eigenvalue weighted by atomic mass is 10.1. The molecular formula is C24H25N3O4. The third kappa shape index (κ3) is 5.01. The van der Waals surface area contributed by atoms with E-state index < -0.39 is 5.97 Å². The van der Waals surface area contributed by atoms with Gasteiger partial charge in [-0.3, -0.25) is 0 Å².